The van der Waals surface area contributed by atoms with Crippen LogP contribution in [0.4, 0.5) is 5.69 Å². The van der Waals surface area contributed by atoms with Gasteiger partial charge < -0.3 is 10.4 Å². The van der Waals surface area contributed by atoms with Gasteiger partial charge in [-0.15, -0.1) is 0 Å². The number of anilines is 1. The molecule has 0 aliphatic carbocycles. The molecule has 104 valence electrons. The molecule has 0 fully saturated rings. The van der Waals surface area contributed by atoms with Gasteiger partial charge in [0.2, 0.25) is 0 Å². The van der Waals surface area contributed by atoms with E-state index in [2.05, 4.69) is 5.32 Å². The predicted octanol–water partition coefficient (Wildman–Crippen LogP) is 2.29. The van der Waals surface area contributed by atoms with Gasteiger partial charge in [0, 0.05) is 5.69 Å². The Labute approximate surface area is 122 Å². The molecule has 0 unspecified atom stereocenters. The Hall–Kier alpha value is -3.30. The molecule has 1 aromatic rings. The van der Waals surface area contributed by atoms with Gasteiger partial charge in [0.15, 0.2) is 5.57 Å². The summed E-state index contributed by atoms with van der Waals surface area (Å²) >= 11 is 0. The lowest BCUT2D eigenvalue weighted by atomic mass is 9.85. The predicted molar refractivity (Wildman–Crippen MR) is 74.6 cm³/mol. The van der Waals surface area contributed by atoms with Crippen molar-refractivity contribution >= 4 is 11.7 Å². The zero-order valence-electron chi connectivity index (χ0n) is 11.5. The third kappa shape index (κ3) is 3.37. The standard InChI is InChI=1S/C15H12N4O2/c1-15(2,14(20)21)11-3-5-12(6-4-11)19-13(9-18)10(7-16)8-17/h3-6,19H,1-2H3,(H,20,21). The molecule has 0 radical (unpaired) electrons. The third-order valence-electron chi connectivity index (χ3n) is 3.00. The first-order valence-corrected chi connectivity index (χ1v) is 5.92. The summed E-state index contributed by atoms with van der Waals surface area (Å²) in [6.07, 6.45) is 0. The monoisotopic (exact) mass is 280 g/mol. The minimum absolute atomic E-state index is 0.148. The Morgan fingerprint density at radius 2 is 1.62 bits per heavy atom. The van der Waals surface area contributed by atoms with Crippen LogP contribution in [0.25, 0.3) is 0 Å². The fourth-order valence-electron chi connectivity index (χ4n) is 1.52. The number of rotatable bonds is 4. The Morgan fingerprint density at radius 1 is 1.10 bits per heavy atom. The van der Waals surface area contributed by atoms with Gasteiger partial charge in [-0.05, 0) is 31.5 Å². The van der Waals surface area contributed by atoms with Crippen molar-refractivity contribution in [1.29, 1.82) is 15.8 Å². The van der Waals surface area contributed by atoms with E-state index in [0.29, 0.717) is 11.3 Å². The van der Waals surface area contributed by atoms with E-state index in [4.69, 9.17) is 20.9 Å². The Bertz CT molecular complexity index is 694. The molecule has 0 aromatic heterocycles. The van der Waals surface area contributed by atoms with Gasteiger partial charge in [-0.25, -0.2) is 0 Å². The molecule has 21 heavy (non-hydrogen) atoms. The van der Waals surface area contributed by atoms with Crippen molar-refractivity contribution < 1.29 is 9.90 Å². The maximum atomic E-state index is 11.2. The van der Waals surface area contributed by atoms with Gasteiger partial charge in [-0.1, -0.05) is 12.1 Å². The fraction of sp³-hybridized carbons (Fsp3) is 0.200. The second-order valence-corrected chi connectivity index (χ2v) is 4.72. The quantitative estimate of drug-likeness (QED) is 0.816. The van der Waals surface area contributed by atoms with Gasteiger partial charge in [-0.3, -0.25) is 4.79 Å². The highest BCUT2D eigenvalue weighted by atomic mass is 16.4. The molecule has 0 heterocycles. The number of hydrogen-bond acceptors (Lipinski definition) is 5. The molecule has 6 nitrogen and oxygen atoms in total. The van der Waals surface area contributed by atoms with Gasteiger partial charge in [0.1, 0.15) is 23.9 Å². The Morgan fingerprint density at radius 3 is 2.00 bits per heavy atom. The Balaban J connectivity index is 3.09. The van der Waals surface area contributed by atoms with Crippen LogP contribution >= 0.6 is 0 Å². The highest BCUT2D eigenvalue weighted by Gasteiger charge is 2.29. The first kappa shape index (κ1) is 15.8. The van der Waals surface area contributed by atoms with Crippen molar-refractivity contribution in [3.05, 3.63) is 41.1 Å². The zero-order valence-corrected chi connectivity index (χ0v) is 11.5. The van der Waals surface area contributed by atoms with Crippen LogP contribution in [-0.2, 0) is 10.2 Å². The molecule has 0 amide bonds. The molecule has 1 rings (SSSR count). The Kier molecular flexibility index (Phi) is 4.68. The van der Waals surface area contributed by atoms with Crippen LogP contribution in [0, 0.1) is 34.0 Å². The maximum Gasteiger partial charge on any atom is 0.313 e. The molecule has 0 spiro atoms. The molecule has 2 N–H and O–H groups in total. The molecule has 1 aromatic carbocycles. The normalized spacial score (nSPS) is 9.67. The number of allylic oxidation sites excluding steroid dienone is 2. The SMILES string of the molecule is CC(C)(C(=O)O)c1ccc(NC(C#N)=C(C#N)C#N)cc1. The maximum absolute atomic E-state index is 11.2. The average Bonchev–Trinajstić information content (AvgIpc) is 2.47. The van der Waals surface area contributed by atoms with Crippen molar-refractivity contribution in [2.75, 3.05) is 5.32 Å². The summed E-state index contributed by atoms with van der Waals surface area (Å²) in [5.74, 6) is -0.947. The van der Waals surface area contributed by atoms with Gasteiger partial charge >= 0.3 is 5.97 Å². The molecule has 0 saturated carbocycles. The van der Waals surface area contributed by atoms with E-state index in [1.54, 1.807) is 56.3 Å². The number of carboxylic acids is 1. The van der Waals surface area contributed by atoms with Crippen LogP contribution in [0.15, 0.2) is 35.5 Å². The van der Waals surface area contributed by atoms with Crippen molar-refractivity contribution in [3.63, 3.8) is 0 Å². The zero-order chi connectivity index (χ0) is 16.0. The van der Waals surface area contributed by atoms with Crippen LogP contribution in [0.5, 0.6) is 0 Å². The lowest BCUT2D eigenvalue weighted by molar-refractivity contribution is -0.142. The topological polar surface area (TPSA) is 121 Å². The molecule has 0 atom stereocenters. The summed E-state index contributed by atoms with van der Waals surface area (Å²) in [7, 11) is 0. The molecule has 0 aliphatic heterocycles. The van der Waals surface area contributed by atoms with Crippen LogP contribution in [0.3, 0.4) is 0 Å². The molecule has 0 saturated heterocycles. The highest BCUT2D eigenvalue weighted by molar-refractivity contribution is 5.80. The van der Waals surface area contributed by atoms with E-state index < -0.39 is 11.4 Å². The van der Waals surface area contributed by atoms with Crippen molar-refractivity contribution in [2.24, 2.45) is 0 Å². The lowest BCUT2D eigenvalue weighted by Gasteiger charge is -2.19. The number of aliphatic carboxylic acids is 1. The molecule has 6 heteroatoms. The van der Waals surface area contributed by atoms with E-state index in [-0.39, 0.29) is 11.3 Å². The van der Waals surface area contributed by atoms with E-state index in [9.17, 15) is 4.79 Å². The van der Waals surface area contributed by atoms with Crippen LogP contribution in [0.1, 0.15) is 19.4 Å². The summed E-state index contributed by atoms with van der Waals surface area (Å²) in [5, 5.41) is 38.2. The minimum atomic E-state index is -1.03. The molecular weight excluding hydrogens is 268 g/mol. The second-order valence-electron chi connectivity index (χ2n) is 4.72. The van der Waals surface area contributed by atoms with Crippen molar-refractivity contribution in [2.45, 2.75) is 19.3 Å². The smallest absolute Gasteiger partial charge is 0.313 e. The minimum Gasteiger partial charge on any atom is -0.481 e. The molecule has 0 aliphatic rings. The molecular formula is C15H12N4O2. The van der Waals surface area contributed by atoms with Gasteiger partial charge in [0.05, 0.1) is 5.41 Å². The number of hydrogen-bond donors (Lipinski definition) is 2. The number of nitriles is 3. The number of carboxylic acid groups (broad SMARTS) is 1. The number of nitrogens with one attached hydrogen (secondary N) is 1. The summed E-state index contributed by atoms with van der Waals surface area (Å²) in [4.78, 5) is 11.2. The third-order valence-corrected chi connectivity index (χ3v) is 3.00. The van der Waals surface area contributed by atoms with E-state index >= 15 is 0 Å². The average molecular weight is 280 g/mol. The number of benzene rings is 1. The highest BCUT2D eigenvalue weighted by Crippen LogP contribution is 2.25. The summed E-state index contributed by atoms with van der Waals surface area (Å²) in [5.41, 5.74) is -0.405. The van der Waals surface area contributed by atoms with E-state index in [1.807, 2.05) is 0 Å². The van der Waals surface area contributed by atoms with Crippen molar-refractivity contribution in [1.82, 2.24) is 0 Å². The summed E-state index contributed by atoms with van der Waals surface area (Å²) in [6.45, 7) is 3.17. The second kappa shape index (κ2) is 6.23. The lowest BCUT2D eigenvalue weighted by Crippen LogP contribution is -2.28. The number of carbonyl (C=O) groups is 1. The van der Waals surface area contributed by atoms with E-state index in [1.165, 1.54) is 0 Å². The van der Waals surface area contributed by atoms with Gasteiger partial charge in [0.25, 0.3) is 0 Å². The van der Waals surface area contributed by atoms with Crippen LogP contribution < -0.4 is 5.32 Å². The van der Waals surface area contributed by atoms with E-state index in [0.717, 1.165) is 0 Å². The van der Waals surface area contributed by atoms with Gasteiger partial charge in [-0.2, -0.15) is 15.8 Å². The number of nitrogens with zero attached hydrogens (tertiary/aromatic N) is 3. The summed E-state index contributed by atoms with van der Waals surface area (Å²) in [6, 6.07) is 11.4. The van der Waals surface area contributed by atoms with Crippen LogP contribution in [-0.4, -0.2) is 11.1 Å². The first-order valence-electron chi connectivity index (χ1n) is 5.92. The van der Waals surface area contributed by atoms with Crippen LogP contribution in [0.2, 0.25) is 0 Å². The largest absolute Gasteiger partial charge is 0.481 e. The fourth-order valence-corrected chi connectivity index (χ4v) is 1.52. The van der Waals surface area contributed by atoms with Crippen molar-refractivity contribution in [3.8, 4) is 18.2 Å². The summed E-state index contributed by atoms with van der Waals surface area (Å²) < 4.78 is 0. The molecule has 0 bridgehead atoms. The first-order chi connectivity index (χ1) is 9.86.